The number of anilines is 1. The van der Waals surface area contributed by atoms with Crippen LogP contribution in [0.25, 0.3) is 11.1 Å². The largest absolute Gasteiger partial charge is 1.00 e. The fourth-order valence-electron chi connectivity index (χ4n) is 5.88. The van der Waals surface area contributed by atoms with Crippen LogP contribution in [0.2, 0.25) is 0 Å². The van der Waals surface area contributed by atoms with Crippen molar-refractivity contribution in [2.45, 2.75) is 58.1 Å². The van der Waals surface area contributed by atoms with Gasteiger partial charge in [0.15, 0.2) is 0 Å². The van der Waals surface area contributed by atoms with E-state index in [1.807, 2.05) is 51.3 Å². The summed E-state index contributed by atoms with van der Waals surface area (Å²) >= 11 is 0. The third-order valence-electron chi connectivity index (χ3n) is 7.98. The van der Waals surface area contributed by atoms with Crippen molar-refractivity contribution in [3.05, 3.63) is 71.1 Å². The Kier molecular flexibility index (Phi) is 9.59. The van der Waals surface area contributed by atoms with Crippen LogP contribution in [-0.2, 0) is 29.0 Å². The number of hydrogen-bond acceptors (Lipinski definition) is 7. The van der Waals surface area contributed by atoms with Crippen molar-refractivity contribution in [1.82, 2.24) is 19.4 Å². The van der Waals surface area contributed by atoms with Gasteiger partial charge in [0.1, 0.15) is 17.6 Å². The number of halogens is 2. The molecular weight excluding hydrogens is 567 g/mol. The van der Waals surface area contributed by atoms with Crippen LogP contribution >= 0.6 is 0 Å². The predicted molar refractivity (Wildman–Crippen MR) is 153 cm³/mol. The van der Waals surface area contributed by atoms with Gasteiger partial charge in [-0.3, -0.25) is 4.79 Å². The Morgan fingerprint density at radius 1 is 1.09 bits per heavy atom. The minimum Gasteiger partial charge on any atom is -0.870 e. The summed E-state index contributed by atoms with van der Waals surface area (Å²) in [6.45, 7) is 7.97. The van der Waals surface area contributed by atoms with E-state index in [2.05, 4.69) is 9.88 Å². The zero-order valence-corrected chi connectivity index (χ0v) is 25.2. The molecule has 6 rings (SSSR count). The maximum atomic E-state index is 15.3. The van der Waals surface area contributed by atoms with Gasteiger partial charge in [0.2, 0.25) is 0 Å². The SMILES string of the molecule is CC(C)(C)OC(=O)N1CCN(c2ccc(-c3cc(F)c4c(c3)C(=O)N(C([C-]=O)c3ncn5c3C[C@@H](F)C5)C4)cc2)CC1.[Li+].[OH-]. The van der Waals surface area contributed by atoms with E-state index in [0.717, 1.165) is 11.3 Å². The Hall–Kier alpha value is -3.72. The van der Waals surface area contributed by atoms with Crippen molar-refractivity contribution in [2.75, 3.05) is 31.1 Å². The normalized spacial score (nSPS) is 18.2. The monoisotopic (exact) mass is 600 g/mol. The fourth-order valence-corrected chi connectivity index (χ4v) is 5.88. The molecule has 1 unspecified atom stereocenters. The van der Waals surface area contributed by atoms with Gasteiger partial charge in [-0.1, -0.05) is 12.1 Å². The topological polar surface area (TPSA) is 118 Å². The second kappa shape index (κ2) is 12.7. The van der Waals surface area contributed by atoms with E-state index in [-0.39, 0.29) is 66.8 Å². The minimum absolute atomic E-state index is 0. The molecule has 2 atom stereocenters. The number of aromatic nitrogens is 2. The average molecular weight is 601 g/mol. The first kappa shape index (κ1) is 33.2. The van der Waals surface area contributed by atoms with Crippen molar-refractivity contribution >= 4 is 24.0 Å². The van der Waals surface area contributed by atoms with Crippen molar-refractivity contribution < 1.29 is 52.2 Å². The van der Waals surface area contributed by atoms with Crippen LogP contribution in [0.4, 0.5) is 19.3 Å². The van der Waals surface area contributed by atoms with Crippen LogP contribution in [0.5, 0.6) is 0 Å². The molecule has 0 bridgehead atoms. The van der Waals surface area contributed by atoms with Crippen LogP contribution in [-0.4, -0.2) is 81.1 Å². The van der Waals surface area contributed by atoms with Gasteiger partial charge in [-0.15, -0.1) is 0 Å². The fraction of sp³-hybridized carbons (Fsp3) is 0.419. The Balaban J connectivity index is 0.00000221. The molecule has 44 heavy (non-hydrogen) atoms. The van der Waals surface area contributed by atoms with Gasteiger partial charge in [-0.05, 0) is 62.2 Å². The van der Waals surface area contributed by atoms with E-state index in [1.54, 1.807) is 15.5 Å². The standard InChI is InChI=1S/C31H32F2N5O4.Li.H2O/c1-31(2,3)42-30(41)36-10-8-35(9-11-36)22-6-4-19(5-7-22)20-12-23-24(25(33)13-20)16-38(29(23)40)27(17-39)28-26-14-21(32)15-37(26)18-34-28;;/h4-7,12-13,18,21,27H,8-11,14-16H2,1-3H3;;1H2/q-1;+1;/p-1/t21-,27?;;/m1../s1. The molecule has 2 amide bonds. The number of hydrogen-bond donors (Lipinski definition) is 0. The number of nitrogens with zero attached hydrogens (tertiary/aromatic N) is 5. The maximum Gasteiger partial charge on any atom is 1.00 e. The molecule has 2 aromatic carbocycles. The van der Waals surface area contributed by atoms with E-state index in [9.17, 15) is 18.8 Å². The molecule has 0 radical (unpaired) electrons. The van der Waals surface area contributed by atoms with Gasteiger partial charge >= 0.3 is 25.0 Å². The Labute approximate surface area is 266 Å². The summed E-state index contributed by atoms with van der Waals surface area (Å²) in [5.41, 5.74) is 2.95. The molecule has 1 saturated heterocycles. The van der Waals surface area contributed by atoms with E-state index in [4.69, 9.17) is 4.74 Å². The number of fused-ring (bicyclic) bond motifs is 2. The molecule has 3 aromatic rings. The van der Waals surface area contributed by atoms with E-state index in [1.165, 1.54) is 17.3 Å². The Morgan fingerprint density at radius 2 is 1.77 bits per heavy atom. The van der Waals surface area contributed by atoms with Gasteiger partial charge in [0.05, 0.1) is 18.6 Å². The molecule has 0 aliphatic carbocycles. The molecule has 4 heterocycles. The number of imidazole rings is 1. The number of carbonyl (C=O) groups excluding carboxylic acids is 3. The Morgan fingerprint density at radius 3 is 2.41 bits per heavy atom. The van der Waals surface area contributed by atoms with Crippen molar-refractivity contribution in [2.24, 2.45) is 0 Å². The summed E-state index contributed by atoms with van der Waals surface area (Å²) < 4.78 is 36.4. The molecule has 1 fully saturated rings. The number of rotatable bonds is 5. The number of amides is 2. The molecule has 13 heteroatoms. The zero-order valence-electron chi connectivity index (χ0n) is 25.2. The van der Waals surface area contributed by atoms with E-state index in [0.29, 0.717) is 37.4 Å². The van der Waals surface area contributed by atoms with Crippen LogP contribution in [0, 0.1) is 5.82 Å². The van der Waals surface area contributed by atoms with Crippen molar-refractivity contribution in [3.63, 3.8) is 0 Å². The summed E-state index contributed by atoms with van der Waals surface area (Å²) in [6, 6.07) is 9.51. The summed E-state index contributed by atoms with van der Waals surface area (Å²) in [5, 5.41) is 0. The number of piperazine rings is 1. The average Bonchev–Trinajstić information content (AvgIpc) is 3.62. The van der Waals surface area contributed by atoms with Crippen LogP contribution in [0.15, 0.2) is 42.7 Å². The quantitative estimate of drug-likeness (QED) is 0.320. The molecule has 0 saturated carbocycles. The third kappa shape index (κ3) is 6.25. The first-order chi connectivity index (χ1) is 20.0. The van der Waals surface area contributed by atoms with Crippen molar-refractivity contribution in [3.8, 4) is 11.1 Å². The molecular formula is C31H33F2LiN5O5-. The third-order valence-corrected chi connectivity index (χ3v) is 7.98. The van der Waals surface area contributed by atoms with Crippen LogP contribution in [0.1, 0.15) is 54.1 Å². The molecule has 1 N–H and O–H groups in total. The maximum absolute atomic E-state index is 15.3. The van der Waals surface area contributed by atoms with Gasteiger partial charge in [-0.2, -0.15) is 0 Å². The molecule has 10 nitrogen and oxygen atoms in total. The number of carbonyl (C=O) groups is 2. The smallest absolute Gasteiger partial charge is 0.870 e. The number of alkyl halides is 1. The number of ether oxygens (including phenoxy) is 1. The minimum atomic E-state index is -1.15. The Bertz CT molecular complexity index is 1550. The second-order valence-corrected chi connectivity index (χ2v) is 12.0. The first-order valence-corrected chi connectivity index (χ1v) is 14.0. The van der Waals surface area contributed by atoms with Gasteiger partial charge in [0.25, 0.3) is 5.91 Å². The van der Waals surface area contributed by atoms with Crippen LogP contribution in [0.3, 0.4) is 0 Å². The van der Waals surface area contributed by atoms with Gasteiger partial charge in [-0.25, -0.2) is 24.8 Å². The molecule has 3 aliphatic rings. The van der Waals surface area contributed by atoms with Crippen molar-refractivity contribution in [1.29, 1.82) is 0 Å². The molecule has 1 aromatic heterocycles. The van der Waals surface area contributed by atoms with Gasteiger partial charge < -0.3 is 34.3 Å². The second-order valence-electron chi connectivity index (χ2n) is 12.0. The van der Waals surface area contributed by atoms with E-state index >= 15 is 4.39 Å². The molecule has 3 aliphatic heterocycles. The summed E-state index contributed by atoms with van der Waals surface area (Å²) in [5.74, 6) is -1.03. The molecule has 228 valence electrons. The molecule has 0 spiro atoms. The predicted octanol–water partition coefficient (Wildman–Crippen LogP) is 1.27. The van der Waals surface area contributed by atoms with Gasteiger partial charge in [0, 0.05) is 61.7 Å². The zero-order chi connectivity index (χ0) is 29.8. The summed E-state index contributed by atoms with van der Waals surface area (Å²) in [6.07, 6.45) is 2.06. The van der Waals surface area contributed by atoms with Crippen LogP contribution < -0.4 is 23.8 Å². The first-order valence-electron chi connectivity index (χ1n) is 14.0. The number of benzene rings is 2. The summed E-state index contributed by atoms with van der Waals surface area (Å²) in [7, 11) is 0. The summed E-state index contributed by atoms with van der Waals surface area (Å²) in [4.78, 5) is 47.2. The van der Waals surface area contributed by atoms with E-state index < -0.39 is 29.5 Å².